The summed E-state index contributed by atoms with van der Waals surface area (Å²) in [5, 5.41) is 2.62. The van der Waals surface area contributed by atoms with Crippen LogP contribution in [0.5, 0.6) is 5.75 Å². The van der Waals surface area contributed by atoms with Gasteiger partial charge in [-0.3, -0.25) is 19.1 Å². The van der Waals surface area contributed by atoms with Crippen LogP contribution < -0.4 is 20.9 Å². The van der Waals surface area contributed by atoms with Crippen LogP contribution in [0.1, 0.15) is 21.5 Å². The molecule has 2 aromatic heterocycles. The maximum Gasteiger partial charge on any atom is 0.356 e. The van der Waals surface area contributed by atoms with Gasteiger partial charge in [-0.05, 0) is 47.9 Å². The summed E-state index contributed by atoms with van der Waals surface area (Å²) >= 11 is 0. The molecule has 0 saturated carbocycles. The smallest absolute Gasteiger partial charge is 0.356 e. The van der Waals surface area contributed by atoms with E-state index in [4.69, 9.17) is 4.74 Å². The number of aromatic amines is 1. The largest absolute Gasteiger partial charge is 0.497 e. The topological polar surface area (TPSA) is 154 Å². The normalized spacial score (nSPS) is 11.2. The molecule has 0 aliphatic carbocycles. The van der Waals surface area contributed by atoms with Gasteiger partial charge in [0.1, 0.15) is 17.0 Å². The van der Waals surface area contributed by atoms with Crippen molar-refractivity contribution in [2.75, 3.05) is 12.4 Å². The van der Waals surface area contributed by atoms with Gasteiger partial charge in [-0.2, -0.15) is 0 Å². The molecule has 0 aliphatic rings. The van der Waals surface area contributed by atoms with E-state index in [1.54, 1.807) is 54.7 Å². The van der Waals surface area contributed by atoms with Gasteiger partial charge >= 0.3 is 7.60 Å². The number of amides is 1. The minimum absolute atomic E-state index is 0.0975. The van der Waals surface area contributed by atoms with E-state index in [9.17, 15) is 23.9 Å². The van der Waals surface area contributed by atoms with Gasteiger partial charge in [-0.15, -0.1) is 0 Å². The van der Waals surface area contributed by atoms with Crippen molar-refractivity contribution in [1.29, 1.82) is 0 Å². The van der Waals surface area contributed by atoms with E-state index in [1.165, 1.54) is 25.4 Å². The van der Waals surface area contributed by atoms with Crippen LogP contribution in [0.3, 0.4) is 0 Å². The molecule has 4 aromatic rings. The Kier molecular flexibility index (Phi) is 6.88. The number of methoxy groups -OCH3 is 1. The average molecular weight is 492 g/mol. The van der Waals surface area contributed by atoms with Gasteiger partial charge in [0.2, 0.25) is 0 Å². The number of nitrogens with one attached hydrogen (secondary N) is 2. The van der Waals surface area contributed by atoms with E-state index >= 15 is 0 Å². The Balaban J connectivity index is 1.62. The second-order valence-corrected chi connectivity index (χ2v) is 9.16. The lowest BCUT2D eigenvalue weighted by molar-refractivity contribution is 0.102. The summed E-state index contributed by atoms with van der Waals surface area (Å²) in [7, 11) is -2.93. The van der Waals surface area contributed by atoms with Crippen LogP contribution in [-0.4, -0.2) is 37.8 Å². The van der Waals surface area contributed by atoms with Crippen molar-refractivity contribution in [3.8, 4) is 17.3 Å². The second kappa shape index (κ2) is 10.0. The number of rotatable bonds is 7. The first kappa shape index (κ1) is 24.0. The number of pyridine rings is 1. The third-order valence-electron chi connectivity index (χ3n) is 5.16. The molecule has 0 saturated heterocycles. The monoisotopic (exact) mass is 492 g/mol. The van der Waals surface area contributed by atoms with E-state index in [2.05, 4.69) is 20.3 Å². The zero-order valence-corrected chi connectivity index (χ0v) is 19.4. The van der Waals surface area contributed by atoms with Crippen molar-refractivity contribution in [3.63, 3.8) is 0 Å². The van der Waals surface area contributed by atoms with Gasteiger partial charge < -0.3 is 24.8 Å². The highest BCUT2D eigenvalue weighted by Gasteiger charge is 2.19. The molecule has 0 radical (unpaired) electrons. The number of aromatic nitrogens is 3. The average Bonchev–Trinajstić information content (AvgIpc) is 2.85. The molecule has 35 heavy (non-hydrogen) atoms. The quantitative estimate of drug-likeness (QED) is 0.287. The number of hydrogen-bond acceptors (Lipinski definition) is 6. The molecule has 10 nitrogen and oxygen atoms in total. The number of nitrogens with zero attached hydrogens (tertiary/aromatic N) is 2. The van der Waals surface area contributed by atoms with Gasteiger partial charge in [0.05, 0.1) is 12.4 Å². The van der Waals surface area contributed by atoms with Crippen LogP contribution in [0.15, 0.2) is 77.9 Å². The molecule has 4 rings (SSSR count). The van der Waals surface area contributed by atoms with Crippen LogP contribution in [0.2, 0.25) is 0 Å². The summed E-state index contributed by atoms with van der Waals surface area (Å²) in [6, 6.07) is 16.3. The number of carbonyl (C=O) groups is 1. The second-order valence-electron chi connectivity index (χ2n) is 7.56. The fourth-order valence-electron chi connectivity index (χ4n) is 3.40. The standard InChI is InChI=1S/C24H21N4O6P/c1-34-17-9-8-16(11-15-5-4-6-18(12-15)35(31,32)33)21(13-17)27-23(29)19-14-26-22(28-24(19)30)20-7-2-3-10-25-20/h2-10,12-14H,11H2,1H3,(H,27,29)(H,26,28,30)(H2,31,32,33). The van der Waals surface area contributed by atoms with Crippen molar-refractivity contribution >= 4 is 24.5 Å². The highest BCUT2D eigenvalue weighted by molar-refractivity contribution is 7.60. The zero-order valence-electron chi connectivity index (χ0n) is 18.5. The number of ether oxygens (including phenoxy) is 1. The van der Waals surface area contributed by atoms with Crippen molar-refractivity contribution in [3.05, 3.63) is 100 Å². The molecule has 4 N–H and O–H groups in total. The van der Waals surface area contributed by atoms with E-state index in [-0.39, 0.29) is 23.1 Å². The minimum atomic E-state index is -4.41. The first-order valence-electron chi connectivity index (χ1n) is 10.4. The molecule has 0 unspecified atom stereocenters. The molecule has 2 heterocycles. The van der Waals surface area contributed by atoms with Gasteiger partial charge in [0.25, 0.3) is 11.5 Å². The zero-order chi connectivity index (χ0) is 25.0. The number of H-pyrrole nitrogens is 1. The molecule has 0 fully saturated rings. The summed E-state index contributed by atoms with van der Waals surface area (Å²) in [5.74, 6) is 0.0366. The van der Waals surface area contributed by atoms with Crippen LogP contribution in [0.25, 0.3) is 11.5 Å². The first-order valence-corrected chi connectivity index (χ1v) is 12.0. The summed E-state index contributed by atoms with van der Waals surface area (Å²) in [5.41, 5.74) is 1.30. The molecule has 178 valence electrons. The molecular formula is C24H21N4O6P. The van der Waals surface area contributed by atoms with Gasteiger partial charge in [-0.25, -0.2) is 4.98 Å². The molecular weight excluding hydrogens is 471 g/mol. The van der Waals surface area contributed by atoms with Crippen molar-refractivity contribution in [1.82, 2.24) is 15.0 Å². The first-order chi connectivity index (χ1) is 16.7. The van der Waals surface area contributed by atoms with Crippen LogP contribution in [0.4, 0.5) is 5.69 Å². The van der Waals surface area contributed by atoms with E-state index in [0.717, 1.165) is 0 Å². The van der Waals surface area contributed by atoms with Crippen molar-refractivity contribution in [2.45, 2.75) is 6.42 Å². The Morgan fingerprint density at radius 2 is 1.91 bits per heavy atom. The van der Waals surface area contributed by atoms with Crippen LogP contribution in [-0.2, 0) is 11.0 Å². The van der Waals surface area contributed by atoms with Gasteiger partial charge in [-0.1, -0.05) is 24.3 Å². The Hall–Kier alpha value is -4.11. The Bertz CT molecular complexity index is 1480. The number of benzene rings is 2. The van der Waals surface area contributed by atoms with Crippen molar-refractivity contribution in [2.24, 2.45) is 0 Å². The van der Waals surface area contributed by atoms with Gasteiger partial charge in [0, 0.05) is 24.1 Å². The van der Waals surface area contributed by atoms with Crippen molar-refractivity contribution < 1.29 is 23.9 Å². The summed E-state index contributed by atoms with van der Waals surface area (Å²) in [6.45, 7) is 0. The highest BCUT2D eigenvalue weighted by atomic mass is 31.2. The molecule has 0 spiro atoms. The highest BCUT2D eigenvalue weighted by Crippen LogP contribution is 2.33. The third kappa shape index (κ3) is 5.70. The van der Waals surface area contributed by atoms with Crippen LogP contribution >= 0.6 is 7.60 Å². The fourth-order valence-corrected chi connectivity index (χ4v) is 4.01. The molecule has 1 amide bonds. The molecule has 2 aromatic carbocycles. The molecule has 0 aliphatic heterocycles. The van der Waals surface area contributed by atoms with E-state index in [1.807, 2.05) is 0 Å². The van der Waals surface area contributed by atoms with E-state index in [0.29, 0.717) is 28.3 Å². The van der Waals surface area contributed by atoms with Gasteiger partial charge in [0.15, 0.2) is 5.82 Å². The minimum Gasteiger partial charge on any atom is -0.497 e. The summed E-state index contributed by atoms with van der Waals surface area (Å²) in [4.78, 5) is 55.3. The number of anilines is 1. The predicted octanol–water partition coefficient (Wildman–Crippen LogP) is 2.49. The third-order valence-corrected chi connectivity index (χ3v) is 6.11. The lowest BCUT2D eigenvalue weighted by Crippen LogP contribution is -2.24. The predicted molar refractivity (Wildman–Crippen MR) is 130 cm³/mol. The Labute approximate surface area is 199 Å². The summed E-state index contributed by atoms with van der Waals surface area (Å²) < 4.78 is 16.9. The molecule has 0 bridgehead atoms. The Morgan fingerprint density at radius 3 is 2.60 bits per heavy atom. The maximum absolute atomic E-state index is 12.9. The summed E-state index contributed by atoms with van der Waals surface area (Å²) in [6.07, 6.45) is 3.01. The fraction of sp³-hybridized carbons (Fsp3) is 0.0833. The Morgan fingerprint density at radius 1 is 1.09 bits per heavy atom. The molecule has 11 heteroatoms. The number of carbonyl (C=O) groups excluding carboxylic acids is 1. The lowest BCUT2D eigenvalue weighted by atomic mass is 10.0. The molecule has 0 atom stereocenters. The SMILES string of the molecule is COc1ccc(Cc2cccc(P(=O)(O)O)c2)c(NC(=O)c2cnc(-c3ccccn3)[nH]c2=O)c1. The van der Waals surface area contributed by atoms with E-state index < -0.39 is 19.1 Å². The maximum atomic E-state index is 12.9. The van der Waals surface area contributed by atoms with Crippen LogP contribution in [0, 0.1) is 0 Å². The number of hydrogen-bond donors (Lipinski definition) is 4. The lowest BCUT2D eigenvalue weighted by Gasteiger charge is -2.14.